The van der Waals surface area contributed by atoms with Crippen molar-refractivity contribution in [2.75, 3.05) is 23.3 Å². The van der Waals surface area contributed by atoms with E-state index >= 15 is 0 Å². The van der Waals surface area contributed by atoms with Crippen LogP contribution in [0.4, 0.5) is 25.8 Å². The second-order valence-electron chi connectivity index (χ2n) is 6.91. The number of halogens is 4. The predicted octanol–water partition coefficient (Wildman–Crippen LogP) is 4.35. The minimum atomic E-state index is -4.19. The fourth-order valence-electron chi connectivity index (χ4n) is 2.77. The lowest BCUT2D eigenvalue weighted by Crippen LogP contribution is -2.45. The van der Waals surface area contributed by atoms with Crippen LogP contribution in [-0.4, -0.2) is 34.1 Å². The van der Waals surface area contributed by atoms with E-state index in [0.29, 0.717) is 0 Å². The van der Waals surface area contributed by atoms with Gasteiger partial charge in [0.25, 0.3) is 0 Å². The van der Waals surface area contributed by atoms with Crippen LogP contribution >= 0.6 is 34.2 Å². The van der Waals surface area contributed by atoms with Gasteiger partial charge in [0.05, 0.1) is 23.0 Å². The van der Waals surface area contributed by atoms with Crippen LogP contribution in [0.15, 0.2) is 30.3 Å². The summed E-state index contributed by atoms with van der Waals surface area (Å²) in [7, 11) is -2.99. The Hall–Kier alpha value is -1.25. The summed E-state index contributed by atoms with van der Waals surface area (Å²) in [6, 6.07) is 6.92. The van der Waals surface area contributed by atoms with Gasteiger partial charge in [-0.15, -0.1) is 0 Å². The number of nitrogens with one attached hydrogen (secondary N) is 2. The summed E-state index contributed by atoms with van der Waals surface area (Å²) in [5.74, 6) is -3.33. The predicted molar refractivity (Wildman–Crippen MR) is 119 cm³/mol. The van der Waals surface area contributed by atoms with Crippen LogP contribution in [0.25, 0.3) is 0 Å². The SMILES string of the molecule is CN(c1ccc(F)c(F)c1Nc1ccc(I)cc1Cl)S(=O)(=O)NC1COC(C)(C)O1. The molecule has 3 rings (SSSR count). The summed E-state index contributed by atoms with van der Waals surface area (Å²) in [5, 5.41) is 2.96. The third kappa shape index (κ3) is 5.14. The van der Waals surface area contributed by atoms with Crippen molar-refractivity contribution < 1.29 is 26.7 Å². The number of hydrogen-bond donors (Lipinski definition) is 2. The molecule has 1 heterocycles. The number of anilines is 3. The molecule has 0 bridgehead atoms. The minimum absolute atomic E-state index is 0.00121. The van der Waals surface area contributed by atoms with E-state index in [2.05, 4.69) is 32.6 Å². The van der Waals surface area contributed by atoms with Gasteiger partial charge in [-0.2, -0.15) is 13.1 Å². The topological polar surface area (TPSA) is 79.9 Å². The lowest BCUT2D eigenvalue weighted by atomic mass is 10.2. The van der Waals surface area contributed by atoms with Crippen molar-refractivity contribution in [1.29, 1.82) is 0 Å². The van der Waals surface area contributed by atoms with Crippen molar-refractivity contribution in [3.05, 3.63) is 50.6 Å². The van der Waals surface area contributed by atoms with Gasteiger partial charge in [0, 0.05) is 10.6 Å². The maximum atomic E-state index is 14.6. The van der Waals surface area contributed by atoms with Crippen LogP contribution in [0.5, 0.6) is 0 Å². The van der Waals surface area contributed by atoms with Gasteiger partial charge in [-0.1, -0.05) is 11.6 Å². The molecule has 1 unspecified atom stereocenters. The smallest absolute Gasteiger partial charge is 0.303 e. The second kappa shape index (κ2) is 8.71. The highest BCUT2D eigenvalue weighted by Gasteiger charge is 2.36. The van der Waals surface area contributed by atoms with Gasteiger partial charge in [0.2, 0.25) is 0 Å². The summed E-state index contributed by atoms with van der Waals surface area (Å²) < 4.78 is 69.0. The normalized spacial score (nSPS) is 18.4. The molecule has 1 atom stereocenters. The fourth-order valence-corrected chi connectivity index (χ4v) is 4.69. The Morgan fingerprint density at radius 1 is 1.27 bits per heavy atom. The Labute approximate surface area is 192 Å². The third-order valence-electron chi connectivity index (χ3n) is 4.25. The van der Waals surface area contributed by atoms with Gasteiger partial charge < -0.3 is 14.8 Å². The number of rotatable bonds is 6. The van der Waals surface area contributed by atoms with Gasteiger partial charge in [0.15, 0.2) is 17.4 Å². The second-order valence-corrected chi connectivity index (χ2v) is 10.3. The third-order valence-corrected chi connectivity index (χ3v) is 6.71. The Morgan fingerprint density at radius 3 is 2.57 bits per heavy atom. The van der Waals surface area contributed by atoms with Crippen LogP contribution in [0.2, 0.25) is 5.02 Å². The maximum absolute atomic E-state index is 14.6. The molecule has 2 aromatic rings. The molecule has 0 saturated carbocycles. The molecule has 1 aliphatic rings. The largest absolute Gasteiger partial charge is 0.350 e. The Bertz CT molecular complexity index is 1070. The molecule has 1 aliphatic heterocycles. The first-order valence-electron chi connectivity index (χ1n) is 8.68. The van der Waals surface area contributed by atoms with Crippen LogP contribution < -0.4 is 14.3 Å². The molecule has 2 aromatic carbocycles. The number of hydrogen-bond acceptors (Lipinski definition) is 5. The Balaban J connectivity index is 1.94. The lowest BCUT2D eigenvalue weighted by Gasteiger charge is -2.25. The molecular formula is C18H19ClF2IN3O4S. The molecule has 30 heavy (non-hydrogen) atoms. The van der Waals surface area contributed by atoms with Crippen LogP contribution in [0.1, 0.15) is 13.8 Å². The van der Waals surface area contributed by atoms with Crippen molar-refractivity contribution in [3.63, 3.8) is 0 Å². The molecular weight excluding hydrogens is 555 g/mol. The van der Waals surface area contributed by atoms with Crippen molar-refractivity contribution in [1.82, 2.24) is 4.72 Å². The molecule has 2 N–H and O–H groups in total. The standard InChI is InChI=1S/C18H19ClF2IN3O4S/c1-18(2)28-9-15(29-18)24-30(26,27)25(3)14-7-5-12(20)16(21)17(14)23-13-6-4-10(22)8-11(13)19/h4-8,15,23-24H,9H2,1-3H3. The maximum Gasteiger partial charge on any atom is 0.303 e. The minimum Gasteiger partial charge on any atom is -0.350 e. The van der Waals surface area contributed by atoms with Crippen LogP contribution in [0.3, 0.4) is 0 Å². The number of benzene rings is 2. The quantitative estimate of drug-likeness (QED) is 0.503. The molecule has 0 aliphatic carbocycles. The zero-order valence-electron chi connectivity index (χ0n) is 16.2. The zero-order chi connectivity index (χ0) is 22.3. The summed E-state index contributed by atoms with van der Waals surface area (Å²) in [6.45, 7) is 3.29. The van der Waals surface area contributed by atoms with Crippen molar-refractivity contribution in [2.45, 2.75) is 25.9 Å². The van der Waals surface area contributed by atoms with Gasteiger partial charge in [-0.3, -0.25) is 4.31 Å². The van der Waals surface area contributed by atoms with E-state index in [1.807, 2.05) is 0 Å². The van der Waals surface area contributed by atoms with E-state index in [1.54, 1.807) is 32.0 Å². The molecule has 164 valence electrons. The fraction of sp³-hybridized carbons (Fsp3) is 0.333. The summed E-state index contributed by atoms with van der Waals surface area (Å²) in [6.07, 6.45) is -0.931. The first-order chi connectivity index (χ1) is 13.9. The number of nitrogens with zero attached hydrogens (tertiary/aromatic N) is 1. The first kappa shape index (κ1) is 23.4. The highest BCUT2D eigenvalue weighted by atomic mass is 127. The summed E-state index contributed by atoms with van der Waals surface area (Å²) in [4.78, 5) is 0. The Morgan fingerprint density at radius 2 is 1.97 bits per heavy atom. The average Bonchev–Trinajstić information content (AvgIpc) is 2.98. The van der Waals surface area contributed by atoms with Crippen molar-refractivity contribution >= 4 is 61.5 Å². The molecule has 0 amide bonds. The van der Waals surface area contributed by atoms with E-state index in [1.165, 1.54) is 7.05 Å². The number of ether oxygens (including phenoxy) is 2. The molecule has 0 spiro atoms. The highest BCUT2D eigenvalue weighted by Crippen LogP contribution is 2.36. The highest BCUT2D eigenvalue weighted by molar-refractivity contribution is 14.1. The van der Waals surface area contributed by atoms with E-state index in [9.17, 15) is 17.2 Å². The van der Waals surface area contributed by atoms with Gasteiger partial charge in [-0.05, 0) is 66.8 Å². The average molecular weight is 574 g/mol. The molecule has 0 aromatic heterocycles. The van der Waals surface area contributed by atoms with Crippen LogP contribution in [-0.2, 0) is 19.7 Å². The Kier molecular flexibility index (Phi) is 6.80. The first-order valence-corrected chi connectivity index (χ1v) is 11.6. The van der Waals surface area contributed by atoms with Gasteiger partial charge in [-0.25, -0.2) is 8.78 Å². The van der Waals surface area contributed by atoms with E-state index in [0.717, 1.165) is 20.0 Å². The van der Waals surface area contributed by atoms with E-state index in [4.69, 9.17) is 21.1 Å². The molecule has 1 saturated heterocycles. The molecule has 12 heteroatoms. The monoisotopic (exact) mass is 573 g/mol. The summed E-state index contributed by atoms with van der Waals surface area (Å²) in [5.41, 5.74) is -0.222. The van der Waals surface area contributed by atoms with Crippen molar-refractivity contribution in [3.8, 4) is 0 Å². The lowest BCUT2D eigenvalue weighted by molar-refractivity contribution is -0.139. The van der Waals surface area contributed by atoms with Gasteiger partial charge in [0.1, 0.15) is 11.9 Å². The van der Waals surface area contributed by atoms with E-state index in [-0.39, 0.29) is 28.7 Å². The van der Waals surface area contributed by atoms with Gasteiger partial charge >= 0.3 is 10.2 Å². The van der Waals surface area contributed by atoms with E-state index < -0.39 is 33.9 Å². The summed E-state index contributed by atoms with van der Waals surface area (Å²) >= 11 is 8.23. The van der Waals surface area contributed by atoms with Crippen molar-refractivity contribution in [2.24, 2.45) is 0 Å². The molecule has 0 radical (unpaired) electrons. The molecule has 7 nitrogen and oxygen atoms in total. The zero-order valence-corrected chi connectivity index (χ0v) is 19.9. The van der Waals surface area contributed by atoms with Crippen LogP contribution in [0, 0.1) is 15.2 Å². The molecule has 1 fully saturated rings.